The van der Waals surface area contributed by atoms with Gasteiger partial charge in [-0.15, -0.1) is 0 Å². The number of ether oxygens (including phenoxy) is 2. The summed E-state index contributed by atoms with van der Waals surface area (Å²) in [6.45, 7) is 13.1. The van der Waals surface area contributed by atoms with Crippen molar-refractivity contribution in [2.75, 3.05) is 52.1 Å². The second-order valence-electron chi connectivity index (χ2n) is 5.79. The van der Waals surface area contributed by atoms with Gasteiger partial charge in [-0.25, -0.2) is 0 Å². The van der Waals surface area contributed by atoms with Gasteiger partial charge in [0.15, 0.2) is 12.5 Å². The van der Waals surface area contributed by atoms with Gasteiger partial charge in [-0.3, -0.25) is 9.59 Å². The van der Waals surface area contributed by atoms with Gasteiger partial charge in [0.25, 0.3) is 0 Å². The number of hydrogen-bond donors (Lipinski definition) is 0. The van der Waals surface area contributed by atoms with E-state index in [0.29, 0.717) is 39.6 Å². The number of carbonyl (C=O) groups excluding carboxylic acids is 2. The minimum absolute atomic E-state index is 0.106. The Bertz CT molecular complexity index is 402. The van der Waals surface area contributed by atoms with E-state index in [4.69, 9.17) is 36.0 Å². The molecule has 0 aliphatic rings. The third-order valence-electron chi connectivity index (χ3n) is 3.54. The first-order chi connectivity index (χ1) is 14.4. The van der Waals surface area contributed by atoms with Crippen LogP contribution in [0.1, 0.15) is 54.4 Å². The molecule has 0 saturated heterocycles. The van der Waals surface area contributed by atoms with Crippen molar-refractivity contribution in [2.45, 2.75) is 54.4 Å². The third-order valence-corrected chi connectivity index (χ3v) is 8.91. The lowest BCUT2D eigenvalue weighted by atomic mass is 10.3. The predicted molar refractivity (Wildman–Crippen MR) is 112 cm³/mol. The highest BCUT2D eigenvalue weighted by Gasteiger charge is 2.43. The van der Waals surface area contributed by atoms with Gasteiger partial charge in [-0.2, -0.15) is 0 Å². The molecule has 10 nitrogen and oxygen atoms in total. The second-order valence-corrected chi connectivity index (χ2v) is 10.8. The average molecular weight is 471 g/mol. The highest BCUT2D eigenvalue weighted by Crippen LogP contribution is 2.13. The Kier molecular flexibility index (Phi) is 16.3. The SMILES string of the molecule is CCO[Si](COC(=O)CCC(=O)OC[Si](OCC)(OCC)OCC)(OCC)OCC. The van der Waals surface area contributed by atoms with Crippen LogP contribution in [0.2, 0.25) is 0 Å². The van der Waals surface area contributed by atoms with Crippen LogP contribution in [0.15, 0.2) is 0 Å². The quantitative estimate of drug-likeness (QED) is 0.205. The summed E-state index contributed by atoms with van der Waals surface area (Å²) < 4.78 is 44.2. The van der Waals surface area contributed by atoms with Crippen LogP contribution in [-0.2, 0) is 45.6 Å². The van der Waals surface area contributed by atoms with Crippen molar-refractivity contribution < 1.29 is 45.6 Å². The molecule has 0 amide bonds. The van der Waals surface area contributed by atoms with Crippen LogP contribution in [0.3, 0.4) is 0 Å². The van der Waals surface area contributed by atoms with E-state index < -0.39 is 29.5 Å². The van der Waals surface area contributed by atoms with E-state index in [9.17, 15) is 9.59 Å². The van der Waals surface area contributed by atoms with Crippen LogP contribution in [-0.4, -0.2) is 81.6 Å². The molecule has 0 fully saturated rings. The zero-order valence-electron chi connectivity index (χ0n) is 19.2. The smallest absolute Gasteiger partial charge is 0.461 e. The Hall–Kier alpha value is -0.866. The van der Waals surface area contributed by atoms with Crippen LogP contribution >= 0.6 is 0 Å². The van der Waals surface area contributed by atoms with Crippen molar-refractivity contribution in [1.29, 1.82) is 0 Å². The van der Waals surface area contributed by atoms with E-state index in [-0.39, 0.29) is 25.3 Å². The summed E-state index contributed by atoms with van der Waals surface area (Å²) in [6.07, 6.45) is -0.489. The van der Waals surface area contributed by atoms with E-state index in [1.54, 1.807) is 0 Å². The van der Waals surface area contributed by atoms with Gasteiger partial charge in [-0.1, -0.05) is 0 Å². The molecule has 0 bridgehead atoms. The van der Waals surface area contributed by atoms with Gasteiger partial charge in [0.05, 0.1) is 12.8 Å². The fourth-order valence-electron chi connectivity index (χ4n) is 2.51. The zero-order chi connectivity index (χ0) is 22.9. The van der Waals surface area contributed by atoms with Gasteiger partial charge in [0.1, 0.15) is 0 Å². The maximum absolute atomic E-state index is 12.1. The molecule has 0 aliphatic heterocycles. The summed E-state index contributed by atoms with van der Waals surface area (Å²) >= 11 is 0. The van der Waals surface area contributed by atoms with E-state index >= 15 is 0 Å². The molecule has 0 aromatic carbocycles. The lowest BCUT2D eigenvalue weighted by molar-refractivity contribution is -0.150. The number of esters is 2. The van der Waals surface area contributed by atoms with Crippen LogP contribution in [0.5, 0.6) is 0 Å². The maximum Gasteiger partial charge on any atom is 0.540 e. The summed E-state index contributed by atoms with van der Waals surface area (Å²) in [6, 6.07) is 0. The molecule has 0 saturated carbocycles. The first-order valence-electron chi connectivity index (χ1n) is 10.5. The molecule has 30 heavy (non-hydrogen) atoms. The lowest BCUT2D eigenvalue weighted by Gasteiger charge is -2.28. The van der Waals surface area contributed by atoms with Gasteiger partial charge in [0, 0.05) is 39.6 Å². The van der Waals surface area contributed by atoms with Crippen molar-refractivity contribution in [3.8, 4) is 0 Å². The summed E-state index contributed by atoms with van der Waals surface area (Å²) in [5.74, 6) is -1.13. The Morgan fingerprint density at radius 3 is 0.933 bits per heavy atom. The number of carbonyl (C=O) groups is 2. The minimum atomic E-state index is -3.09. The molecule has 0 N–H and O–H groups in total. The maximum atomic E-state index is 12.1. The normalized spacial score (nSPS) is 12.1. The van der Waals surface area contributed by atoms with Crippen LogP contribution in [0.25, 0.3) is 0 Å². The summed E-state index contributed by atoms with van der Waals surface area (Å²) in [7, 11) is -6.17. The predicted octanol–water partition coefficient (Wildman–Crippen LogP) is 2.03. The van der Waals surface area contributed by atoms with E-state index in [1.165, 1.54) is 0 Å². The van der Waals surface area contributed by atoms with E-state index in [1.807, 2.05) is 41.5 Å². The number of rotatable bonds is 19. The molecule has 0 aliphatic carbocycles. The molecular weight excluding hydrogens is 432 g/mol. The summed E-state index contributed by atoms with van der Waals surface area (Å²) in [5, 5.41) is 0. The molecule has 0 atom stereocenters. The van der Waals surface area contributed by atoms with Crippen LogP contribution in [0, 0.1) is 0 Å². The van der Waals surface area contributed by atoms with Crippen LogP contribution in [0.4, 0.5) is 0 Å². The largest absolute Gasteiger partial charge is 0.540 e. The Labute approximate surface area is 182 Å². The zero-order valence-corrected chi connectivity index (χ0v) is 21.2. The van der Waals surface area contributed by atoms with Crippen molar-refractivity contribution in [3.05, 3.63) is 0 Å². The average Bonchev–Trinajstić information content (AvgIpc) is 2.70. The molecule has 0 spiro atoms. The summed E-state index contributed by atoms with van der Waals surface area (Å²) in [4.78, 5) is 24.2. The van der Waals surface area contributed by atoms with E-state index in [2.05, 4.69) is 0 Å². The third kappa shape index (κ3) is 11.5. The molecule has 178 valence electrons. The Balaban J connectivity index is 4.59. The molecule has 0 heterocycles. The van der Waals surface area contributed by atoms with Crippen molar-refractivity contribution in [1.82, 2.24) is 0 Å². The topological polar surface area (TPSA) is 108 Å². The van der Waals surface area contributed by atoms with E-state index in [0.717, 1.165) is 0 Å². The highest BCUT2D eigenvalue weighted by atomic mass is 28.4. The molecule has 0 unspecified atom stereocenters. The first-order valence-corrected chi connectivity index (χ1v) is 14.4. The van der Waals surface area contributed by atoms with Crippen molar-refractivity contribution in [2.24, 2.45) is 0 Å². The van der Waals surface area contributed by atoms with Crippen LogP contribution < -0.4 is 0 Å². The monoisotopic (exact) mass is 470 g/mol. The number of hydrogen-bond acceptors (Lipinski definition) is 10. The Morgan fingerprint density at radius 2 is 0.733 bits per heavy atom. The fourth-order valence-corrected chi connectivity index (χ4v) is 6.82. The first kappa shape index (κ1) is 29.1. The molecule has 0 aromatic rings. The summed E-state index contributed by atoms with van der Waals surface area (Å²) in [5.41, 5.74) is 0. The highest BCUT2D eigenvalue weighted by molar-refractivity contribution is 6.61. The van der Waals surface area contributed by atoms with Gasteiger partial charge < -0.3 is 36.0 Å². The molecule has 0 radical (unpaired) electrons. The molecular formula is C18H38O10Si2. The van der Waals surface area contributed by atoms with Crippen molar-refractivity contribution in [3.63, 3.8) is 0 Å². The van der Waals surface area contributed by atoms with Crippen molar-refractivity contribution >= 4 is 29.5 Å². The van der Waals surface area contributed by atoms with Gasteiger partial charge in [-0.05, 0) is 41.5 Å². The van der Waals surface area contributed by atoms with Gasteiger partial charge >= 0.3 is 29.5 Å². The molecule has 0 aromatic heterocycles. The van der Waals surface area contributed by atoms with Gasteiger partial charge in [0.2, 0.25) is 0 Å². The Morgan fingerprint density at radius 1 is 0.500 bits per heavy atom. The second kappa shape index (κ2) is 16.8. The lowest BCUT2D eigenvalue weighted by Crippen LogP contribution is -2.51. The standard InChI is InChI=1S/C18H38O10Si2/c1-7-23-29(24-8-2,25-9-3)15-21-17(19)13-14-18(20)22-16-30(26-10-4,27-11-5)28-12-6/h7-16H2,1-6H3. The fraction of sp³-hybridized carbons (Fsp3) is 0.889. The minimum Gasteiger partial charge on any atom is -0.461 e. The molecule has 12 heteroatoms. The molecule has 0 rings (SSSR count).